The Kier molecular flexibility index (Phi) is 10.0. The monoisotopic (exact) mass is 558 g/mol. The Bertz CT molecular complexity index is 1280. The molecule has 0 aliphatic carbocycles. The van der Waals surface area contributed by atoms with Gasteiger partial charge in [0.1, 0.15) is 5.75 Å². The minimum absolute atomic E-state index is 0.0938. The molecule has 2 heterocycles. The molecule has 2 N–H and O–H groups in total. The van der Waals surface area contributed by atoms with E-state index in [2.05, 4.69) is 9.88 Å². The van der Waals surface area contributed by atoms with Crippen LogP contribution in [0.2, 0.25) is 0 Å². The lowest BCUT2D eigenvalue weighted by atomic mass is 9.79. The van der Waals surface area contributed by atoms with E-state index in [1.54, 1.807) is 19.4 Å². The van der Waals surface area contributed by atoms with Crippen molar-refractivity contribution in [2.75, 3.05) is 26.7 Å². The molecule has 4 rings (SSSR count). The van der Waals surface area contributed by atoms with Crippen molar-refractivity contribution < 1.29 is 32.9 Å². The quantitative estimate of drug-likeness (QED) is 0.264. The van der Waals surface area contributed by atoms with Crippen molar-refractivity contribution in [3.8, 4) is 5.75 Å². The van der Waals surface area contributed by atoms with Gasteiger partial charge in [0.15, 0.2) is 0 Å². The molecule has 0 amide bonds. The molecule has 1 aliphatic heterocycles. The molecule has 0 bridgehead atoms. The smallest absolute Gasteiger partial charge is 0.416 e. The number of alkyl halides is 3. The van der Waals surface area contributed by atoms with Gasteiger partial charge in [-0.2, -0.15) is 13.2 Å². The number of pyridine rings is 1. The highest BCUT2D eigenvalue weighted by molar-refractivity contribution is 5.83. The van der Waals surface area contributed by atoms with Crippen LogP contribution in [0, 0.1) is 11.8 Å². The van der Waals surface area contributed by atoms with Gasteiger partial charge in [-0.3, -0.25) is 9.78 Å². The summed E-state index contributed by atoms with van der Waals surface area (Å²) >= 11 is 0. The minimum Gasteiger partial charge on any atom is -0.497 e. The predicted molar refractivity (Wildman–Crippen MR) is 147 cm³/mol. The molecule has 1 fully saturated rings. The van der Waals surface area contributed by atoms with Crippen molar-refractivity contribution in [3.05, 3.63) is 71.4 Å². The molecule has 3 atom stereocenters. The van der Waals surface area contributed by atoms with Gasteiger partial charge in [-0.1, -0.05) is 18.2 Å². The summed E-state index contributed by atoms with van der Waals surface area (Å²) in [6.45, 7) is 2.36. The van der Waals surface area contributed by atoms with Crippen LogP contribution in [0.25, 0.3) is 10.9 Å². The van der Waals surface area contributed by atoms with Gasteiger partial charge < -0.3 is 19.8 Å². The number of aryl methyl sites for hydroxylation is 1. The van der Waals surface area contributed by atoms with Gasteiger partial charge >= 0.3 is 12.1 Å². The van der Waals surface area contributed by atoms with E-state index in [9.17, 15) is 28.2 Å². The Morgan fingerprint density at radius 1 is 1.15 bits per heavy atom. The molecule has 0 radical (unpaired) electrons. The van der Waals surface area contributed by atoms with Crippen molar-refractivity contribution in [2.24, 2.45) is 11.8 Å². The Hall–Kier alpha value is -3.17. The van der Waals surface area contributed by atoms with Crippen LogP contribution in [0.3, 0.4) is 0 Å². The lowest BCUT2D eigenvalue weighted by molar-refractivity contribution is -0.138. The molecular formula is C31H37F3N2O4. The molecule has 1 unspecified atom stereocenters. The first-order valence-corrected chi connectivity index (χ1v) is 13.8. The van der Waals surface area contributed by atoms with E-state index in [4.69, 9.17) is 4.74 Å². The number of aliphatic hydroxyl groups excluding tert-OH is 1. The number of carboxylic acid groups (broad SMARTS) is 1. The number of fused-ring (bicyclic) bond motifs is 1. The standard InChI is InChI=1S/C31H37F3N2O4/c1-40-25-9-10-28-27(19-25)26(13-15-35-28)29(37)11-7-22-14-17-36(20-23(22)8-12-30(38)39)16-3-5-21-4-2-6-24(18-21)31(32,33)34/h2,4,6,9-10,13,15,18-19,22-23,29,37H,3,5,7-8,11-12,14,16-17,20H2,1H3,(H,38,39)/t22-,23+,29?/m1/s1. The summed E-state index contributed by atoms with van der Waals surface area (Å²) in [5, 5.41) is 21.3. The van der Waals surface area contributed by atoms with Crippen LogP contribution in [0.4, 0.5) is 13.2 Å². The number of aliphatic carboxylic acids is 1. The summed E-state index contributed by atoms with van der Waals surface area (Å²) in [6.07, 6.45) is 0.842. The number of carboxylic acids is 1. The molecule has 1 aliphatic rings. The summed E-state index contributed by atoms with van der Waals surface area (Å²) in [5.41, 5.74) is 1.64. The molecule has 9 heteroatoms. The van der Waals surface area contributed by atoms with Crippen molar-refractivity contribution in [1.82, 2.24) is 9.88 Å². The topological polar surface area (TPSA) is 82.9 Å². The minimum atomic E-state index is -4.35. The predicted octanol–water partition coefficient (Wildman–Crippen LogP) is 6.51. The fourth-order valence-corrected chi connectivity index (χ4v) is 5.88. The maximum absolute atomic E-state index is 13.0. The van der Waals surface area contributed by atoms with E-state index in [1.165, 1.54) is 12.1 Å². The molecule has 1 saturated heterocycles. The largest absolute Gasteiger partial charge is 0.497 e. The SMILES string of the molecule is COc1ccc2nccc(C(O)CC[C@@H]3CCN(CCCc4cccc(C(F)(F)F)c4)C[C@@H]3CCC(=O)O)c2c1. The third-order valence-electron chi connectivity index (χ3n) is 8.05. The van der Waals surface area contributed by atoms with Crippen molar-refractivity contribution in [3.63, 3.8) is 0 Å². The molecular weight excluding hydrogens is 521 g/mol. The molecule has 3 aromatic rings. The fraction of sp³-hybridized carbons (Fsp3) is 0.484. The average Bonchev–Trinajstić information content (AvgIpc) is 2.94. The zero-order chi connectivity index (χ0) is 28.7. The Morgan fingerprint density at radius 3 is 2.73 bits per heavy atom. The second-order valence-corrected chi connectivity index (χ2v) is 10.7. The summed E-state index contributed by atoms with van der Waals surface area (Å²) in [4.78, 5) is 18.0. The normalized spacial score (nSPS) is 19.0. The van der Waals surface area contributed by atoms with Crippen molar-refractivity contribution in [1.29, 1.82) is 0 Å². The summed E-state index contributed by atoms with van der Waals surface area (Å²) in [6, 6.07) is 12.9. The molecule has 1 aromatic heterocycles. The second kappa shape index (κ2) is 13.5. The Balaban J connectivity index is 1.34. The zero-order valence-electron chi connectivity index (χ0n) is 22.7. The average molecular weight is 559 g/mol. The highest BCUT2D eigenvalue weighted by Crippen LogP contribution is 2.35. The highest BCUT2D eigenvalue weighted by atomic mass is 19.4. The maximum Gasteiger partial charge on any atom is 0.416 e. The number of ether oxygens (including phenoxy) is 1. The van der Waals surface area contributed by atoms with Crippen LogP contribution in [0.1, 0.15) is 61.3 Å². The number of likely N-dealkylation sites (tertiary alicyclic amines) is 1. The number of aliphatic hydroxyl groups is 1. The number of carbonyl (C=O) groups is 1. The number of nitrogens with zero attached hydrogens (tertiary/aromatic N) is 2. The lowest BCUT2D eigenvalue weighted by Gasteiger charge is -2.39. The first-order chi connectivity index (χ1) is 19.1. The van der Waals surface area contributed by atoms with Crippen LogP contribution < -0.4 is 4.74 Å². The number of methoxy groups -OCH3 is 1. The number of hydrogen-bond acceptors (Lipinski definition) is 5. The van der Waals surface area contributed by atoms with Gasteiger partial charge in [0, 0.05) is 24.5 Å². The Morgan fingerprint density at radius 2 is 1.98 bits per heavy atom. The number of hydrogen-bond donors (Lipinski definition) is 2. The van der Waals surface area contributed by atoms with Crippen LogP contribution in [0.5, 0.6) is 5.75 Å². The van der Waals surface area contributed by atoms with E-state index in [0.29, 0.717) is 30.6 Å². The lowest BCUT2D eigenvalue weighted by Crippen LogP contribution is -2.41. The second-order valence-electron chi connectivity index (χ2n) is 10.7. The Labute approximate surface area is 232 Å². The van der Waals surface area contributed by atoms with Gasteiger partial charge in [0.2, 0.25) is 0 Å². The number of aromatic nitrogens is 1. The molecule has 0 spiro atoms. The molecule has 216 valence electrons. The molecule has 6 nitrogen and oxygen atoms in total. The van der Waals surface area contributed by atoms with Crippen molar-refractivity contribution in [2.45, 2.75) is 57.2 Å². The first kappa shape index (κ1) is 29.8. The number of rotatable bonds is 12. The number of benzene rings is 2. The highest BCUT2D eigenvalue weighted by Gasteiger charge is 2.31. The van der Waals surface area contributed by atoms with Crippen LogP contribution in [-0.4, -0.2) is 52.8 Å². The number of halogens is 3. The van der Waals surface area contributed by atoms with Gasteiger partial charge in [-0.05, 0) is 105 Å². The van der Waals surface area contributed by atoms with Gasteiger partial charge in [-0.15, -0.1) is 0 Å². The third-order valence-corrected chi connectivity index (χ3v) is 8.05. The van der Waals surface area contributed by atoms with Crippen LogP contribution in [0.15, 0.2) is 54.7 Å². The van der Waals surface area contributed by atoms with E-state index in [0.717, 1.165) is 61.4 Å². The molecule has 40 heavy (non-hydrogen) atoms. The van der Waals surface area contributed by atoms with E-state index >= 15 is 0 Å². The maximum atomic E-state index is 13.0. The molecule has 2 aromatic carbocycles. The summed E-state index contributed by atoms with van der Waals surface area (Å²) in [5.74, 6) is 0.344. The zero-order valence-corrected chi connectivity index (χ0v) is 22.7. The van der Waals surface area contributed by atoms with Crippen molar-refractivity contribution >= 4 is 16.9 Å². The van der Waals surface area contributed by atoms with Gasteiger partial charge in [-0.25, -0.2) is 0 Å². The number of piperidine rings is 1. The van der Waals surface area contributed by atoms with E-state index in [1.807, 2.05) is 24.3 Å². The van der Waals surface area contributed by atoms with Crippen LogP contribution >= 0.6 is 0 Å². The third kappa shape index (κ3) is 7.95. The van der Waals surface area contributed by atoms with Gasteiger partial charge in [0.25, 0.3) is 0 Å². The summed E-state index contributed by atoms with van der Waals surface area (Å²) < 4.78 is 44.4. The van der Waals surface area contributed by atoms with E-state index < -0.39 is 23.8 Å². The summed E-state index contributed by atoms with van der Waals surface area (Å²) in [7, 11) is 1.60. The van der Waals surface area contributed by atoms with Gasteiger partial charge in [0.05, 0.1) is 24.3 Å². The van der Waals surface area contributed by atoms with Crippen LogP contribution in [-0.2, 0) is 17.4 Å². The van der Waals surface area contributed by atoms with E-state index in [-0.39, 0.29) is 18.3 Å². The first-order valence-electron chi connectivity index (χ1n) is 13.8. The molecule has 0 saturated carbocycles. The fourth-order valence-electron chi connectivity index (χ4n) is 5.88.